The predicted octanol–water partition coefficient (Wildman–Crippen LogP) is 1.45. The second-order valence-electron chi connectivity index (χ2n) is 4.38. The number of hydrogen-bond acceptors (Lipinski definition) is 5. The van der Waals surface area contributed by atoms with Crippen LogP contribution in [-0.4, -0.2) is 48.4 Å². The molecule has 120 valence electrons. The molecule has 21 heavy (non-hydrogen) atoms. The Morgan fingerprint density at radius 2 is 1.90 bits per heavy atom. The van der Waals surface area contributed by atoms with E-state index >= 15 is 0 Å². The number of rotatable bonds is 11. The molecule has 0 saturated heterocycles. The lowest BCUT2D eigenvalue weighted by Crippen LogP contribution is -2.24. The SMILES string of the molecule is CCNS(=O)(=O)c1ccccc1NCCCOCCOC. The van der Waals surface area contributed by atoms with Crippen molar-refractivity contribution >= 4 is 15.7 Å². The minimum absolute atomic E-state index is 0.271. The molecular formula is C14H24N2O4S. The molecule has 0 aliphatic heterocycles. The molecule has 0 amide bonds. The summed E-state index contributed by atoms with van der Waals surface area (Å²) in [6.07, 6.45) is 0.791. The van der Waals surface area contributed by atoms with Crippen molar-refractivity contribution in [2.24, 2.45) is 0 Å². The summed E-state index contributed by atoms with van der Waals surface area (Å²) in [5.41, 5.74) is 0.607. The molecule has 0 spiro atoms. The molecule has 6 nitrogen and oxygen atoms in total. The molecule has 0 aliphatic carbocycles. The lowest BCUT2D eigenvalue weighted by Gasteiger charge is -2.12. The molecule has 0 bridgehead atoms. The molecule has 1 aromatic carbocycles. The standard InChI is InChI=1S/C14H24N2O4S/c1-3-16-21(17,18)14-8-5-4-7-13(14)15-9-6-10-20-12-11-19-2/h4-5,7-8,15-16H,3,6,9-12H2,1-2H3. The van der Waals surface area contributed by atoms with Crippen LogP contribution in [0.3, 0.4) is 0 Å². The zero-order valence-corrected chi connectivity index (χ0v) is 13.4. The third-order valence-corrected chi connectivity index (χ3v) is 4.33. The maximum Gasteiger partial charge on any atom is 0.242 e. The summed E-state index contributed by atoms with van der Waals surface area (Å²) in [6.45, 7) is 4.53. The van der Waals surface area contributed by atoms with Crippen LogP contribution >= 0.6 is 0 Å². The van der Waals surface area contributed by atoms with Gasteiger partial charge in [0, 0.05) is 26.8 Å². The van der Waals surface area contributed by atoms with E-state index in [1.807, 2.05) is 6.07 Å². The Balaban J connectivity index is 2.49. The zero-order chi connectivity index (χ0) is 15.6. The second kappa shape index (κ2) is 9.73. The average Bonchev–Trinajstić information content (AvgIpc) is 2.46. The topological polar surface area (TPSA) is 76.7 Å². The molecule has 1 rings (SSSR count). The van der Waals surface area contributed by atoms with Gasteiger partial charge in [0.25, 0.3) is 0 Å². The first-order chi connectivity index (χ1) is 10.1. The molecule has 0 heterocycles. The van der Waals surface area contributed by atoms with Gasteiger partial charge in [-0.25, -0.2) is 13.1 Å². The number of hydrogen-bond donors (Lipinski definition) is 2. The van der Waals surface area contributed by atoms with Gasteiger partial charge < -0.3 is 14.8 Å². The summed E-state index contributed by atoms with van der Waals surface area (Å²) >= 11 is 0. The minimum Gasteiger partial charge on any atom is -0.384 e. The van der Waals surface area contributed by atoms with Gasteiger partial charge in [0.05, 0.1) is 18.9 Å². The van der Waals surface area contributed by atoms with Gasteiger partial charge in [0.1, 0.15) is 4.90 Å². The van der Waals surface area contributed by atoms with Crippen LogP contribution in [0.25, 0.3) is 0 Å². The Morgan fingerprint density at radius 3 is 2.62 bits per heavy atom. The molecule has 0 aliphatic rings. The average molecular weight is 316 g/mol. The second-order valence-corrected chi connectivity index (χ2v) is 6.12. The Labute approximate surface area is 126 Å². The molecule has 7 heteroatoms. The summed E-state index contributed by atoms with van der Waals surface area (Å²) in [7, 11) is -1.82. The van der Waals surface area contributed by atoms with Gasteiger partial charge in [-0.15, -0.1) is 0 Å². The quantitative estimate of drug-likeness (QED) is 0.604. The summed E-state index contributed by atoms with van der Waals surface area (Å²) in [4.78, 5) is 0.271. The van der Waals surface area contributed by atoms with E-state index in [0.29, 0.717) is 38.6 Å². The van der Waals surface area contributed by atoms with Gasteiger partial charge >= 0.3 is 0 Å². The highest BCUT2D eigenvalue weighted by Gasteiger charge is 2.16. The summed E-state index contributed by atoms with van der Waals surface area (Å²) < 4.78 is 36.9. The van der Waals surface area contributed by atoms with E-state index < -0.39 is 10.0 Å². The van der Waals surface area contributed by atoms with E-state index in [1.54, 1.807) is 32.2 Å². The van der Waals surface area contributed by atoms with Crippen molar-refractivity contribution < 1.29 is 17.9 Å². The summed E-state index contributed by atoms with van der Waals surface area (Å²) in [5, 5.41) is 3.14. The van der Waals surface area contributed by atoms with Crippen LogP contribution < -0.4 is 10.0 Å². The summed E-state index contributed by atoms with van der Waals surface area (Å²) in [6, 6.07) is 6.87. The predicted molar refractivity (Wildman–Crippen MR) is 83.1 cm³/mol. The fourth-order valence-corrected chi connectivity index (χ4v) is 2.98. The van der Waals surface area contributed by atoms with Crippen LogP contribution in [0.1, 0.15) is 13.3 Å². The smallest absolute Gasteiger partial charge is 0.242 e. The number of methoxy groups -OCH3 is 1. The minimum atomic E-state index is -3.46. The van der Waals surface area contributed by atoms with Gasteiger partial charge in [-0.2, -0.15) is 0 Å². The first-order valence-corrected chi connectivity index (χ1v) is 8.49. The van der Waals surface area contributed by atoms with Crippen molar-refractivity contribution in [1.29, 1.82) is 0 Å². The van der Waals surface area contributed by atoms with Crippen LogP contribution in [-0.2, 0) is 19.5 Å². The van der Waals surface area contributed by atoms with Gasteiger partial charge in [0.2, 0.25) is 10.0 Å². The maximum atomic E-state index is 12.1. The molecule has 0 atom stereocenters. The first kappa shape index (κ1) is 17.9. The molecule has 0 unspecified atom stereocenters. The lowest BCUT2D eigenvalue weighted by molar-refractivity contribution is 0.0705. The Bertz CT molecular complexity index is 505. The van der Waals surface area contributed by atoms with Crippen molar-refractivity contribution in [3.05, 3.63) is 24.3 Å². The van der Waals surface area contributed by atoms with Crippen LogP contribution in [0.5, 0.6) is 0 Å². The number of sulfonamides is 1. The lowest BCUT2D eigenvalue weighted by atomic mass is 10.3. The third kappa shape index (κ3) is 6.43. The molecule has 2 N–H and O–H groups in total. The Hall–Kier alpha value is -1.15. The largest absolute Gasteiger partial charge is 0.384 e. The van der Waals surface area contributed by atoms with Crippen LogP contribution in [0, 0.1) is 0 Å². The van der Waals surface area contributed by atoms with E-state index in [2.05, 4.69) is 10.0 Å². The van der Waals surface area contributed by atoms with Gasteiger partial charge in [-0.05, 0) is 18.6 Å². The zero-order valence-electron chi connectivity index (χ0n) is 12.6. The van der Waals surface area contributed by atoms with E-state index in [9.17, 15) is 8.42 Å². The molecular weight excluding hydrogens is 292 g/mol. The van der Waals surface area contributed by atoms with Crippen molar-refractivity contribution in [1.82, 2.24) is 4.72 Å². The van der Waals surface area contributed by atoms with Crippen LogP contribution in [0.15, 0.2) is 29.2 Å². The molecule has 0 radical (unpaired) electrons. The van der Waals surface area contributed by atoms with Gasteiger partial charge in [0.15, 0.2) is 0 Å². The van der Waals surface area contributed by atoms with E-state index in [-0.39, 0.29) is 4.90 Å². The summed E-state index contributed by atoms with van der Waals surface area (Å²) in [5.74, 6) is 0. The third-order valence-electron chi connectivity index (χ3n) is 2.72. The van der Waals surface area contributed by atoms with E-state index in [0.717, 1.165) is 6.42 Å². The highest BCUT2D eigenvalue weighted by Crippen LogP contribution is 2.20. The van der Waals surface area contributed by atoms with Crippen molar-refractivity contribution in [2.75, 3.05) is 45.3 Å². The maximum absolute atomic E-state index is 12.1. The van der Waals surface area contributed by atoms with Gasteiger partial charge in [-0.3, -0.25) is 0 Å². The number of para-hydroxylation sites is 1. The number of anilines is 1. The molecule has 0 saturated carbocycles. The highest BCUT2D eigenvalue weighted by molar-refractivity contribution is 7.89. The Kier molecular flexibility index (Phi) is 8.29. The monoisotopic (exact) mass is 316 g/mol. The fraction of sp³-hybridized carbons (Fsp3) is 0.571. The molecule has 1 aromatic rings. The molecule has 0 aromatic heterocycles. The number of ether oxygens (including phenoxy) is 2. The van der Waals surface area contributed by atoms with E-state index in [4.69, 9.17) is 9.47 Å². The Morgan fingerprint density at radius 1 is 1.14 bits per heavy atom. The first-order valence-electron chi connectivity index (χ1n) is 7.01. The fourth-order valence-electron chi connectivity index (χ4n) is 1.76. The number of benzene rings is 1. The van der Waals surface area contributed by atoms with Gasteiger partial charge in [-0.1, -0.05) is 19.1 Å². The van der Waals surface area contributed by atoms with Crippen LogP contribution in [0.2, 0.25) is 0 Å². The van der Waals surface area contributed by atoms with Crippen molar-refractivity contribution in [3.63, 3.8) is 0 Å². The van der Waals surface area contributed by atoms with E-state index in [1.165, 1.54) is 0 Å². The van der Waals surface area contributed by atoms with Crippen LogP contribution in [0.4, 0.5) is 5.69 Å². The normalized spacial score (nSPS) is 11.5. The number of nitrogens with one attached hydrogen (secondary N) is 2. The molecule has 0 fully saturated rings. The van der Waals surface area contributed by atoms with Crippen molar-refractivity contribution in [2.45, 2.75) is 18.2 Å². The van der Waals surface area contributed by atoms with Crippen molar-refractivity contribution in [3.8, 4) is 0 Å². The highest BCUT2D eigenvalue weighted by atomic mass is 32.2.